The molecule has 0 unspecified atom stereocenters. The highest BCUT2D eigenvalue weighted by atomic mass is 14.7. The van der Waals surface area contributed by atoms with Gasteiger partial charge < -0.3 is 0 Å². The Hall–Kier alpha value is 0. The van der Waals surface area contributed by atoms with E-state index in [0.717, 1.165) is 5.41 Å². The largest absolute Gasteiger partial charge is 0.0596 e. The molecule has 0 aromatic heterocycles. The zero-order valence-corrected chi connectivity index (χ0v) is 6.62. The van der Waals surface area contributed by atoms with Gasteiger partial charge in [-0.2, -0.15) is 0 Å². The second kappa shape index (κ2) is 1.21. The topological polar surface area (TPSA) is 0 Å². The van der Waals surface area contributed by atoms with E-state index in [1.165, 1.54) is 19.3 Å². The number of hydrogen-bond acceptors (Lipinski definition) is 0. The van der Waals surface area contributed by atoms with E-state index in [9.17, 15) is 0 Å². The van der Waals surface area contributed by atoms with Crippen LogP contribution in [0, 0.1) is 16.7 Å². The Morgan fingerprint density at radius 3 is 1.56 bits per heavy atom. The Kier molecular flexibility index (Phi) is 0.774. The van der Waals surface area contributed by atoms with Gasteiger partial charge in [0.2, 0.25) is 0 Å². The van der Waals surface area contributed by atoms with E-state index in [-0.39, 0.29) is 0 Å². The summed E-state index contributed by atoms with van der Waals surface area (Å²) in [6, 6.07) is 0. The SMILES string of the molecule is CC(C)(C)C12C[C](C1)C2. The summed E-state index contributed by atoms with van der Waals surface area (Å²) in [6.45, 7) is 7.13. The molecule has 1 radical (unpaired) electrons. The summed E-state index contributed by atoms with van der Waals surface area (Å²) >= 11 is 0. The molecule has 3 rings (SSSR count). The maximum Gasteiger partial charge on any atom is -0.0224 e. The summed E-state index contributed by atoms with van der Waals surface area (Å²) in [5.41, 5.74) is 1.34. The number of rotatable bonds is 0. The molecule has 0 heterocycles. The van der Waals surface area contributed by atoms with Crippen LogP contribution in [0.1, 0.15) is 40.0 Å². The molecule has 0 amide bonds. The minimum absolute atomic E-state index is 0.578. The maximum absolute atomic E-state index is 2.38. The molecule has 0 atom stereocenters. The van der Waals surface area contributed by atoms with E-state index < -0.39 is 0 Å². The maximum atomic E-state index is 2.38. The summed E-state index contributed by atoms with van der Waals surface area (Å²) < 4.78 is 0. The molecule has 0 aromatic carbocycles. The van der Waals surface area contributed by atoms with E-state index in [1.54, 1.807) is 0 Å². The first-order chi connectivity index (χ1) is 4.04. The van der Waals surface area contributed by atoms with Crippen LogP contribution in [-0.4, -0.2) is 0 Å². The van der Waals surface area contributed by atoms with Gasteiger partial charge in [0.05, 0.1) is 0 Å². The summed E-state index contributed by atoms with van der Waals surface area (Å²) in [6.07, 6.45) is 4.36. The van der Waals surface area contributed by atoms with Crippen LogP contribution in [0.2, 0.25) is 0 Å². The predicted molar refractivity (Wildman–Crippen MR) is 39.0 cm³/mol. The van der Waals surface area contributed by atoms with Gasteiger partial charge in [-0.05, 0) is 36.0 Å². The molecule has 0 N–H and O–H groups in total. The van der Waals surface area contributed by atoms with Crippen molar-refractivity contribution in [2.75, 3.05) is 0 Å². The lowest BCUT2D eigenvalue weighted by molar-refractivity contribution is -0.0823. The average molecular weight is 123 g/mol. The second-order valence-electron chi connectivity index (χ2n) is 4.81. The second-order valence-corrected chi connectivity index (χ2v) is 4.81. The van der Waals surface area contributed by atoms with Crippen molar-refractivity contribution in [3.05, 3.63) is 5.92 Å². The summed E-state index contributed by atoms with van der Waals surface area (Å²) in [7, 11) is 0. The highest BCUT2D eigenvalue weighted by Crippen LogP contribution is 2.73. The van der Waals surface area contributed by atoms with E-state index in [2.05, 4.69) is 20.8 Å². The molecule has 3 aliphatic carbocycles. The van der Waals surface area contributed by atoms with E-state index in [1.807, 2.05) is 5.92 Å². The van der Waals surface area contributed by atoms with Crippen LogP contribution in [0.25, 0.3) is 0 Å². The van der Waals surface area contributed by atoms with Crippen molar-refractivity contribution < 1.29 is 0 Å². The molecule has 0 aromatic rings. The van der Waals surface area contributed by atoms with Gasteiger partial charge in [0.25, 0.3) is 0 Å². The van der Waals surface area contributed by atoms with Crippen molar-refractivity contribution in [1.29, 1.82) is 0 Å². The fourth-order valence-electron chi connectivity index (χ4n) is 2.08. The fraction of sp³-hybridized carbons (Fsp3) is 0.889. The zero-order valence-electron chi connectivity index (χ0n) is 6.62. The first-order valence-corrected chi connectivity index (χ1v) is 3.87. The van der Waals surface area contributed by atoms with Gasteiger partial charge in [0, 0.05) is 0 Å². The summed E-state index contributed by atoms with van der Waals surface area (Å²) in [5, 5.41) is 0. The highest BCUT2D eigenvalue weighted by molar-refractivity contribution is 5.29. The van der Waals surface area contributed by atoms with Gasteiger partial charge in [-0.25, -0.2) is 0 Å². The molecule has 51 valence electrons. The third-order valence-electron chi connectivity index (χ3n) is 3.36. The first kappa shape index (κ1) is 5.76. The Balaban J connectivity index is 2.13. The third kappa shape index (κ3) is 0.500. The highest BCUT2D eigenvalue weighted by Gasteiger charge is 2.62. The van der Waals surface area contributed by atoms with Crippen LogP contribution in [-0.2, 0) is 0 Å². The average Bonchev–Trinajstić information content (AvgIpc) is 1.08. The molecule has 0 heteroatoms. The molecule has 0 nitrogen and oxygen atoms in total. The molecule has 3 aliphatic rings. The fourth-order valence-corrected chi connectivity index (χ4v) is 2.08. The van der Waals surface area contributed by atoms with Crippen molar-refractivity contribution in [1.82, 2.24) is 0 Å². The third-order valence-corrected chi connectivity index (χ3v) is 3.36. The minimum atomic E-state index is 0.578. The summed E-state index contributed by atoms with van der Waals surface area (Å²) in [4.78, 5) is 0. The molecular weight excluding hydrogens is 108 g/mol. The lowest BCUT2D eigenvalue weighted by Crippen LogP contribution is -2.57. The van der Waals surface area contributed by atoms with Crippen LogP contribution in [0.15, 0.2) is 0 Å². The number of hydrogen-bond donors (Lipinski definition) is 0. The van der Waals surface area contributed by atoms with Crippen LogP contribution < -0.4 is 0 Å². The standard InChI is InChI=1S/C9H15/c1-8(2,3)9-4-7(5-9)6-9/h4-6H2,1-3H3. The molecule has 0 spiro atoms. The molecule has 3 fully saturated rings. The van der Waals surface area contributed by atoms with Crippen molar-refractivity contribution in [3.8, 4) is 0 Å². The molecule has 2 bridgehead atoms. The Labute approximate surface area is 57.6 Å². The van der Waals surface area contributed by atoms with Gasteiger partial charge in [0.1, 0.15) is 0 Å². The van der Waals surface area contributed by atoms with E-state index >= 15 is 0 Å². The lowest BCUT2D eigenvalue weighted by atomic mass is 9.37. The monoisotopic (exact) mass is 123 g/mol. The van der Waals surface area contributed by atoms with Gasteiger partial charge >= 0.3 is 0 Å². The molecule has 9 heavy (non-hydrogen) atoms. The van der Waals surface area contributed by atoms with Crippen molar-refractivity contribution in [2.24, 2.45) is 10.8 Å². The van der Waals surface area contributed by atoms with Crippen LogP contribution >= 0.6 is 0 Å². The minimum Gasteiger partial charge on any atom is -0.0596 e. The van der Waals surface area contributed by atoms with Gasteiger partial charge in [0.15, 0.2) is 0 Å². The van der Waals surface area contributed by atoms with Crippen LogP contribution in [0.4, 0.5) is 0 Å². The van der Waals surface area contributed by atoms with E-state index in [0.29, 0.717) is 5.41 Å². The normalized spacial score (nSPS) is 31.0. The van der Waals surface area contributed by atoms with E-state index in [4.69, 9.17) is 0 Å². The lowest BCUT2D eigenvalue weighted by Gasteiger charge is -2.68. The molecular formula is C9H15. The quantitative estimate of drug-likeness (QED) is 0.464. The first-order valence-electron chi connectivity index (χ1n) is 3.87. The van der Waals surface area contributed by atoms with Crippen molar-refractivity contribution in [2.45, 2.75) is 40.0 Å². The Bertz CT molecular complexity index is 122. The molecule has 0 saturated heterocycles. The van der Waals surface area contributed by atoms with Gasteiger partial charge in [-0.3, -0.25) is 0 Å². The van der Waals surface area contributed by atoms with Crippen molar-refractivity contribution in [3.63, 3.8) is 0 Å². The van der Waals surface area contributed by atoms with Gasteiger partial charge in [-0.15, -0.1) is 0 Å². The molecule has 3 saturated carbocycles. The zero-order chi connectivity index (χ0) is 6.70. The Morgan fingerprint density at radius 1 is 1.11 bits per heavy atom. The molecule has 0 aliphatic heterocycles. The Morgan fingerprint density at radius 2 is 1.56 bits per heavy atom. The van der Waals surface area contributed by atoms with Crippen LogP contribution in [0.3, 0.4) is 0 Å². The van der Waals surface area contributed by atoms with Crippen LogP contribution in [0.5, 0.6) is 0 Å². The van der Waals surface area contributed by atoms with Gasteiger partial charge in [-0.1, -0.05) is 20.8 Å². The smallest absolute Gasteiger partial charge is 0.0224 e. The van der Waals surface area contributed by atoms with Crippen molar-refractivity contribution >= 4 is 0 Å². The summed E-state index contributed by atoms with van der Waals surface area (Å²) in [5.74, 6) is 1.82. The predicted octanol–water partition coefficient (Wildman–Crippen LogP) is 2.79.